The Bertz CT molecular complexity index is 1480. The number of rotatable bonds is 7. The van der Waals surface area contributed by atoms with E-state index in [0.29, 0.717) is 25.2 Å². The van der Waals surface area contributed by atoms with Crippen molar-refractivity contribution in [3.63, 3.8) is 0 Å². The number of carbonyl (C=O) groups is 2. The average Bonchev–Trinajstić information content (AvgIpc) is 3.46. The fraction of sp³-hybridized carbons (Fsp3) is 0.462. The number of aromatic amines is 1. The molecule has 2 aliphatic rings. The lowest BCUT2D eigenvalue weighted by Gasteiger charge is -2.42. The van der Waals surface area contributed by atoms with E-state index in [2.05, 4.69) is 29.9 Å². The molecule has 0 radical (unpaired) electrons. The van der Waals surface area contributed by atoms with Crippen molar-refractivity contribution in [1.29, 1.82) is 0 Å². The SMILES string of the molecule is CC(C)(C)OC(=O)NCCNS(=O)(=O)c1ccc(C(=O)N2CCN(c3ncnc4[nH]ccc34)CC23CC3)cc1. The summed E-state index contributed by atoms with van der Waals surface area (Å²) >= 11 is 0. The summed E-state index contributed by atoms with van der Waals surface area (Å²) in [7, 11) is -3.81. The number of sulfonamides is 1. The number of aromatic nitrogens is 3. The van der Waals surface area contributed by atoms with Gasteiger partial charge in [0.1, 0.15) is 23.4 Å². The van der Waals surface area contributed by atoms with Crippen molar-refractivity contribution in [2.24, 2.45) is 0 Å². The van der Waals surface area contributed by atoms with Crippen LogP contribution in [0.1, 0.15) is 44.0 Å². The highest BCUT2D eigenvalue weighted by atomic mass is 32.2. The number of anilines is 1. The number of H-pyrrole nitrogens is 1. The number of fused-ring (bicyclic) bond motifs is 1. The first-order chi connectivity index (χ1) is 18.5. The Kier molecular flexibility index (Phi) is 6.97. The molecule has 1 saturated carbocycles. The minimum Gasteiger partial charge on any atom is -0.444 e. The third kappa shape index (κ3) is 5.83. The molecule has 208 valence electrons. The Morgan fingerprint density at radius 2 is 1.82 bits per heavy atom. The smallest absolute Gasteiger partial charge is 0.407 e. The zero-order valence-corrected chi connectivity index (χ0v) is 23.0. The van der Waals surface area contributed by atoms with Gasteiger partial charge in [-0.25, -0.2) is 27.9 Å². The second kappa shape index (κ2) is 10.1. The molecule has 3 aromatic rings. The lowest BCUT2D eigenvalue weighted by molar-refractivity contribution is 0.0528. The fourth-order valence-electron chi connectivity index (χ4n) is 4.84. The van der Waals surface area contributed by atoms with Crippen LogP contribution in [0.4, 0.5) is 10.6 Å². The van der Waals surface area contributed by atoms with Gasteiger partial charge < -0.3 is 24.8 Å². The number of hydrogen-bond acceptors (Lipinski definition) is 8. The minimum atomic E-state index is -3.81. The van der Waals surface area contributed by atoms with E-state index in [1.165, 1.54) is 12.1 Å². The van der Waals surface area contributed by atoms with Crippen LogP contribution >= 0.6 is 0 Å². The van der Waals surface area contributed by atoms with Crippen molar-refractivity contribution in [1.82, 2.24) is 29.9 Å². The molecule has 1 aliphatic carbocycles. The van der Waals surface area contributed by atoms with Gasteiger partial charge in [0.15, 0.2) is 0 Å². The zero-order chi connectivity index (χ0) is 27.8. The van der Waals surface area contributed by atoms with E-state index in [1.807, 2.05) is 17.2 Å². The molecule has 1 saturated heterocycles. The van der Waals surface area contributed by atoms with Gasteiger partial charge in [-0.2, -0.15) is 0 Å². The predicted molar refractivity (Wildman–Crippen MR) is 145 cm³/mol. The van der Waals surface area contributed by atoms with Crippen molar-refractivity contribution in [3.8, 4) is 0 Å². The third-order valence-electron chi connectivity index (χ3n) is 6.85. The summed E-state index contributed by atoms with van der Waals surface area (Å²) < 4.78 is 32.9. The highest BCUT2D eigenvalue weighted by Crippen LogP contribution is 2.46. The van der Waals surface area contributed by atoms with Crippen LogP contribution in [0.25, 0.3) is 11.0 Å². The molecule has 0 unspecified atom stereocenters. The lowest BCUT2D eigenvalue weighted by Crippen LogP contribution is -2.57. The van der Waals surface area contributed by atoms with Gasteiger partial charge in [0.25, 0.3) is 5.91 Å². The second-order valence-corrected chi connectivity index (χ2v) is 12.7. The maximum absolute atomic E-state index is 13.5. The first-order valence-corrected chi connectivity index (χ1v) is 14.4. The van der Waals surface area contributed by atoms with Crippen LogP contribution < -0.4 is 14.9 Å². The van der Waals surface area contributed by atoms with Gasteiger partial charge in [-0.05, 0) is 63.9 Å². The van der Waals surface area contributed by atoms with E-state index in [0.717, 1.165) is 29.7 Å². The molecule has 3 heterocycles. The molecular formula is C26H33N7O5S. The highest BCUT2D eigenvalue weighted by molar-refractivity contribution is 7.89. The minimum absolute atomic E-state index is 0.00352. The summed E-state index contributed by atoms with van der Waals surface area (Å²) in [5.41, 5.74) is 0.334. The number of carbonyl (C=O) groups excluding carboxylic acids is 2. The summed E-state index contributed by atoms with van der Waals surface area (Å²) in [5, 5.41) is 3.47. The van der Waals surface area contributed by atoms with Gasteiger partial charge in [-0.1, -0.05) is 0 Å². The van der Waals surface area contributed by atoms with E-state index in [4.69, 9.17) is 4.74 Å². The van der Waals surface area contributed by atoms with Crippen LogP contribution in [-0.4, -0.2) is 84.1 Å². The van der Waals surface area contributed by atoms with Gasteiger partial charge in [0.05, 0.1) is 15.8 Å². The summed E-state index contributed by atoms with van der Waals surface area (Å²) in [6.07, 6.45) is 4.59. The Balaban J connectivity index is 1.19. The lowest BCUT2D eigenvalue weighted by atomic mass is 10.1. The normalized spacial score (nSPS) is 16.9. The Morgan fingerprint density at radius 1 is 1.08 bits per heavy atom. The summed E-state index contributed by atoms with van der Waals surface area (Å²) in [5.74, 6) is 0.753. The highest BCUT2D eigenvalue weighted by Gasteiger charge is 2.53. The van der Waals surface area contributed by atoms with E-state index >= 15 is 0 Å². The van der Waals surface area contributed by atoms with Crippen LogP contribution in [-0.2, 0) is 14.8 Å². The Labute approximate surface area is 227 Å². The number of alkyl carbamates (subject to hydrolysis) is 1. The quantitative estimate of drug-likeness (QED) is 0.376. The first kappa shape index (κ1) is 26.9. The molecule has 39 heavy (non-hydrogen) atoms. The molecule has 5 rings (SSSR count). The van der Waals surface area contributed by atoms with Gasteiger partial charge in [0, 0.05) is 44.5 Å². The number of amides is 2. The Hall–Kier alpha value is -3.71. The number of nitrogens with zero attached hydrogens (tertiary/aromatic N) is 4. The van der Waals surface area contributed by atoms with Crippen molar-refractivity contribution in [2.45, 2.75) is 49.6 Å². The maximum Gasteiger partial charge on any atom is 0.407 e. The summed E-state index contributed by atoms with van der Waals surface area (Å²) in [4.78, 5) is 41.2. The monoisotopic (exact) mass is 555 g/mol. The fourth-order valence-corrected chi connectivity index (χ4v) is 5.87. The molecule has 1 spiro atoms. The number of piperazine rings is 1. The maximum atomic E-state index is 13.5. The first-order valence-electron chi connectivity index (χ1n) is 12.9. The van der Waals surface area contributed by atoms with E-state index in [9.17, 15) is 18.0 Å². The van der Waals surface area contributed by atoms with Gasteiger partial charge in [-0.15, -0.1) is 0 Å². The molecule has 0 bridgehead atoms. The molecule has 13 heteroatoms. The largest absolute Gasteiger partial charge is 0.444 e. The molecule has 2 amide bonds. The van der Waals surface area contributed by atoms with Crippen molar-refractivity contribution >= 4 is 38.9 Å². The van der Waals surface area contributed by atoms with Gasteiger partial charge in [0.2, 0.25) is 10.0 Å². The van der Waals surface area contributed by atoms with Crippen molar-refractivity contribution < 1.29 is 22.7 Å². The number of hydrogen-bond donors (Lipinski definition) is 3. The number of ether oxygens (including phenoxy) is 1. The van der Waals surface area contributed by atoms with Crippen LogP contribution in [0.15, 0.2) is 47.8 Å². The number of nitrogens with one attached hydrogen (secondary N) is 3. The molecular weight excluding hydrogens is 522 g/mol. The van der Waals surface area contributed by atoms with Gasteiger partial charge >= 0.3 is 6.09 Å². The average molecular weight is 556 g/mol. The van der Waals surface area contributed by atoms with Crippen LogP contribution in [0.3, 0.4) is 0 Å². The van der Waals surface area contributed by atoms with Crippen LogP contribution in [0.5, 0.6) is 0 Å². The molecule has 3 N–H and O–H groups in total. The Morgan fingerprint density at radius 3 is 2.51 bits per heavy atom. The summed E-state index contributed by atoms with van der Waals surface area (Å²) in [6, 6.07) is 7.91. The standard InChI is InChI=1S/C26H33N7O5S/c1-25(2,3)38-24(35)28-12-13-31-39(36,37)19-6-4-18(5-7-19)23(34)33-15-14-32(16-26(33)9-10-26)22-20-8-11-27-21(20)29-17-30-22/h4-8,11,17,31H,9-10,12-16H2,1-3H3,(H,28,35)(H,27,29,30). The van der Waals surface area contributed by atoms with E-state index in [-0.39, 0.29) is 29.4 Å². The van der Waals surface area contributed by atoms with Crippen LogP contribution in [0, 0.1) is 0 Å². The predicted octanol–water partition coefficient (Wildman–Crippen LogP) is 2.26. The zero-order valence-electron chi connectivity index (χ0n) is 22.2. The van der Waals surface area contributed by atoms with Crippen molar-refractivity contribution in [3.05, 3.63) is 48.4 Å². The van der Waals surface area contributed by atoms with E-state index in [1.54, 1.807) is 39.2 Å². The van der Waals surface area contributed by atoms with Crippen LogP contribution in [0.2, 0.25) is 0 Å². The molecule has 0 atom stereocenters. The molecule has 12 nitrogen and oxygen atoms in total. The van der Waals surface area contributed by atoms with E-state index < -0.39 is 21.7 Å². The third-order valence-corrected chi connectivity index (χ3v) is 8.33. The summed E-state index contributed by atoms with van der Waals surface area (Å²) in [6.45, 7) is 7.17. The van der Waals surface area contributed by atoms with Gasteiger partial charge in [-0.3, -0.25) is 4.79 Å². The topological polar surface area (TPSA) is 150 Å². The molecule has 2 aromatic heterocycles. The molecule has 1 aromatic carbocycles. The second-order valence-electron chi connectivity index (χ2n) is 10.9. The molecule has 2 fully saturated rings. The van der Waals surface area contributed by atoms with Crippen molar-refractivity contribution in [2.75, 3.05) is 37.6 Å². The number of benzene rings is 1. The molecule has 1 aliphatic heterocycles.